The van der Waals surface area contributed by atoms with Crippen molar-refractivity contribution in [2.24, 2.45) is 5.92 Å². The minimum Gasteiger partial charge on any atom is -0.326 e. The Balaban J connectivity index is 1.64. The first-order valence-electron chi connectivity index (χ1n) is 8.63. The number of hydrogen-bond acceptors (Lipinski definition) is 3. The van der Waals surface area contributed by atoms with Gasteiger partial charge in [-0.05, 0) is 42.0 Å². The van der Waals surface area contributed by atoms with Gasteiger partial charge in [0.25, 0.3) is 5.91 Å². The highest BCUT2D eigenvalue weighted by atomic mass is 16.2. The minimum absolute atomic E-state index is 0.0520. The zero-order chi connectivity index (χ0) is 18.3. The van der Waals surface area contributed by atoms with Crippen LogP contribution in [0.1, 0.15) is 29.8 Å². The molecule has 0 saturated heterocycles. The Hall–Kier alpha value is -3.21. The van der Waals surface area contributed by atoms with Crippen molar-refractivity contribution in [2.45, 2.75) is 20.4 Å². The maximum Gasteiger partial charge on any atom is 0.259 e. The van der Waals surface area contributed by atoms with Crippen molar-refractivity contribution in [3.63, 3.8) is 0 Å². The molecule has 5 nitrogen and oxygen atoms in total. The van der Waals surface area contributed by atoms with Gasteiger partial charge in [0.15, 0.2) is 0 Å². The molecule has 1 aliphatic heterocycles. The maximum atomic E-state index is 12.9. The number of nitrogens with zero attached hydrogens (tertiary/aromatic N) is 2. The predicted molar refractivity (Wildman–Crippen MR) is 102 cm³/mol. The van der Waals surface area contributed by atoms with Crippen LogP contribution in [0.25, 0.3) is 10.9 Å². The molecule has 0 spiro atoms. The van der Waals surface area contributed by atoms with Gasteiger partial charge in [0.2, 0.25) is 5.91 Å². The topological polar surface area (TPSA) is 62.3 Å². The fraction of sp³-hybridized carbons (Fsp3) is 0.190. The summed E-state index contributed by atoms with van der Waals surface area (Å²) in [5, 5.41) is 3.85. The largest absolute Gasteiger partial charge is 0.326 e. The zero-order valence-corrected chi connectivity index (χ0v) is 14.7. The van der Waals surface area contributed by atoms with Gasteiger partial charge in [-0.3, -0.25) is 14.6 Å². The normalized spacial score (nSPS) is 13.3. The van der Waals surface area contributed by atoms with Crippen LogP contribution in [0.3, 0.4) is 0 Å². The molecule has 2 heterocycles. The third-order valence-corrected chi connectivity index (χ3v) is 4.60. The number of aromatic nitrogens is 1. The molecule has 0 unspecified atom stereocenters. The Morgan fingerprint density at radius 1 is 1.15 bits per heavy atom. The first-order chi connectivity index (χ1) is 12.5. The fourth-order valence-electron chi connectivity index (χ4n) is 3.10. The number of fused-ring (bicyclic) bond motifs is 2. The average Bonchev–Trinajstić information content (AvgIpc) is 2.97. The van der Waals surface area contributed by atoms with E-state index in [2.05, 4.69) is 10.3 Å². The van der Waals surface area contributed by atoms with E-state index >= 15 is 0 Å². The number of pyridine rings is 1. The lowest BCUT2D eigenvalue weighted by Crippen LogP contribution is -2.23. The molecule has 0 bridgehead atoms. The van der Waals surface area contributed by atoms with Crippen LogP contribution in [-0.2, 0) is 11.3 Å². The monoisotopic (exact) mass is 345 g/mol. The van der Waals surface area contributed by atoms with Crippen molar-refractivity contribution in [3.8, 4) is 0 Å². The van der Waals surface area contributed by atoms with E-state index in [4.69, 9.17) is 0 Å². The first-order valence-corrected chi connectivity index (χ1v) is 8.63. The molecule has 3 aromatic rings. The second kappa shape index (κ2) is 6.26. The lowest BCUT2D eigenvalue weighted by atomic mass is 10.1. The van der Waals surface area contributed by atoms with Crippen molar-refractivity contribution in [1.29, 1.82) is 0 Å². The summed E-state index contributed by atoms with van der Waals surface area (Å²) in [6.45, 7) is 4.20. The maximum absolute atomic E-state index is 12.9. The van der Waals surface area contributed by atoms with E-state index in [1.54, 1.807) is 17.2 Å². The van der Waals surface area contributed by atoms with Gasteiger partial charge >= 0.3 is 0 Å². The van der Waals surface area contributed by atoms with Gasteiger partial charge < -0.3 is 10.2 Å². The standard InChI is InChI=1S/C21H19N3O2/c1-13(2)20(25)23-16-6-5-15-12-24(21(26)18(15)11-16)17-7-8-19-14(10-17)4-3-9-22-19/h3-11,13H,12H2,1-2H3,(H,23,25). The molecule has 2 amide bonds. The summed E-state index contributed by atoms with van der Waals surface area (Å²) in [4.78, 5) is 30.9. The predicted octanol–water partition coefficient (Wildman–Crippen LogP) is 3.99. The van der Waals surface area contributed by atoms with Gasteiger partial charge in [-0.15, -0.1) is 0 Å². The van der Waals surface area contributed by atoms with Gasteiger partial charge in [0.1, 0.15) is 0 Å². The van der Waals surface area contributed by atoms with E-state index in [-0.39, 0.29) is 17.7 Å². The van der Waals surface area contributed by atoms with Gasteiger partial charge in [-0.2, -0.15) is 0 Å². The SMILES string of the molecule is CC(C)C(=O)Nc1ccc2c(c1)C(=O)N(c1ccc3ncccc3c1)C2. The fourth-order valence-corrected chi connectivity index (χ4v) is 3.10. The molecule has 1 aliphatic rings. The summed E-state index contributed by atoms with van der Waals surface area (Å²) < 4.78 is 0. The molecule has 1 aromatic heterocycles. The number of nitrogens with one attached hydrogen (secondary N) is 1. The van der Waals surface area contributed by atoms with Gasteiger partial charge in [0.05, 0.1) is 12.1 Å². The minimum atomic E-state index is -0.110. The molecule has 4 rings (SSSR count). The van der Waals surface area contributed by atoms with Gasteiger partial charge in [0, 0.05) is 34.4 Å². The summed E-state index contributed by atoms with van der Waals surface area (Å²) in [5.41, 5.74) is 4.00. The lowest BCUT2D eigenvalue weighted by Gasteiger charge is -2.16. The van der Waals surface area contributed by atoms with E-state index in [1.165, 1.54) is 0 Å². The lowest BCUT2D eigenvalue weighted by molar-refractivity contribution is -0.118. The van der Waals surface area contributed by atoms with Crippen LogP contribution in [0.5, 0.6) is 0 Å². The number of hydrogen-bond donors (Lipinski definition) is 1. The van der Waals surface area contributed by atoms with Crippen LogP contribution in [0, 0.1) is 5.92 Å². The van der Waals surface area contributed by atoms with E-state index < -0.39 is 0 Å². The molecule has 0 atom stereocenters. The summed E-state index contributed by atoms with van der Waals surface area (Å²) in [7, 11) is 0. The third kappa shape index (κ3) is 2.81. The first kappa shape index (κ1) is 16.3. The summed E-state index contributed by atoms with van der Waals surface area (Å²) in [6.07, 6.45) is 1.76. The molecular formula is C21H19N3O2. The molecule has 5 heteroatoms. The number of carbonyl (C=O) groups excluding carboxylic acids is 2. The van der Waals surface area contributed by atoms with Crippen molar-refractivity contribution in [1.82, 2.24) is 4.98 Å². The quantitative estimate of drug-likeness (QED) is 0.781. The van der Waals surface area contributed by atoms with E-state index in [9.17, 15) is 9.59 Å². The van der Waals surface area contributed by atoms with Crippen LogP contribution in [0.4, 0.5) is 11.4 Å². The summed E-state index contributed by atoms with van der Waals surface area (Å²) in [6, 6.07) is 15.2. The Bertz CT molecular complexity index is 1030. The molecule has 0 fully saturated rings. The van der Waals surface area contributed by atoms with Crippen LogP contribution in [0.2, 0.25) is 0 Å². The van der Waals surface area contributed by atoms with E-state index in [0.717, 1.165) is 22.2 Å². The summed E-state index contributed by atoms with van der Waals surface area (Å²) in [5.74, 6) is -0.222. The number of rotatable bonds is 3. The highest BCUT2D eigenvalue weighted by Gasteiger charge is 2.29. The number of benzene rings is 2. The van der Waals surface area contributed by atoms with Gasteiger partial charge in [-0.1, -0.05) is 26.0 Å². The molecular weight excluding hydrogens is 326 g/mol. The highest BCUT2D eigenvalue weighted by molar-refractivity contribution is 6.11. The number of carbonyl (C=O) groups is 2. The molecule has 2 aromatic carbocycles. The van der Waals surface area contributed by atoms with Crippen LogP contribution < -0.4 is 10.2 Å². The van der Waals surface area contributed by atoms with Crippen molar-refractivity contribution < 1.29 is 9.59 Å². The molecule has 0 radical (unpaired) electrons. The molecule has 0 aliphatic carbocycles. The van der Waals surface area contributed by atoms with Crippen molar-refractivity contribution in [2.75, 3.05) is 10.2 Å². The Morgan fingerprint density at radius 3 is 2.81 bits per heavy atom. The molecule has 0 saturated carbocycles. The van der Waals surface area contributed by atoms with Gasteiger partial charge in [-0.25, -0.2) is 0 Å². The third-order valence-electron chi connectivity index (χ3n) is 4.60. The molecule has 130 valence electrons. The van der Waals surface area contributed by atoms with Crippen LogP contribution >= 0.6 is 0 Å². The average molecular weight is 345 g/mol. The number of anilines is 2. The zero-order valence-electron chi connectivity index (χ0n) is 14.7. The second-order valence-electron chi connectivity index (χ2n) is 6.79. The Kier molecular flexibility index (Phi) is 3.92. The molecule has 1 N–H and O–H groups in total. The van der Waals surface area contributed by atoms with Crippen LogP contribution in [0.15, 0.2) is 54.7 Å². The van der Waals surface area contributed by atoms with Crippen molar-refractivity contribution >= 4 is 34.1 Å². The number of amides is 2. The van der Waals surface area contributed by atoms with Crippen molar-refractivity contribution in [3.05, 3.63) is 65.9 Å². The smallest absolute Gasteiger partial charge is 0.259 e. The summed E-state index contributed by atoms with van der Waals surface area (Å²) >= 11 is 0. The second-order valence-corrected chi connectivity index (χ2v) is 6.79. The molecule has 26 heavy (non-hydrogen) atoms. The highest BCUT2D eigenvalue weighted by Crippen LogP contribution is 2.31. The Morgan fingerprint density at radius 2 is 2.00 bits per heavy atom. The van der Waals surface area contributed by atoms with E-state index in [1.807, 2.05) is 56.3 Å². The Labute approximate surface area is 151 Å². The van der Waals surface area contributed by atoms with Crippen LogP contribution in [-0.4, -0.2) is 16.8 Å². The van der Waals surface area contributed by atoms with E-state index in [0.29, 0.717) is 17.8 Å².